The maximum absolute atomic E-state index is 11.3. The summed E-state index contributed by atoms with van der Waals surface area (Å²) < 4.78 is 0. The van der Waals surface area contributed by atoms with E-state index >= 15 is 0 Å². The van der Waals surface area contributed by atoms with E-state index in [-0.39, 0.29) is 17.1 Å². The molecule has 0 aliphatic carbocycles. The van der Waals surface area contributed by atoms with Crippen molar-refractivity contribution < 1.29 is 22.2 Å². The maximum Gasteiger partial charge on any atom is 2.00 e. The van der Waals surface area contributed by atoms with Crippen molar-refractivity contribution in [3.8, 4) is 0 Å². The third kappa shape index (κ3) is 4.37. The summed E-state index contributed by atoms with van der Waals surface area (Å²) in [6.07, 6.45) is 0. The standard InChI is InChI=1S/C18H15O.C5H5.Fe/c19-18(17-13-7-8-14-17,15-9-3-1-4-10-15)16-11-5-2-6-12-16;1-2-4-5-3-1;/h1-14,19H;1-5H;/q2*-1;+2. The van der Waals surface area contributed by atoms with Crippen LogP contribution in [0.25, 0.3) is 0 Å². The van der Waals surface area contributed by atoms with Crippen molar-refractivity contribution in [2.45, 2.75) is 5.60 Å². The van der Waals surface area contributed by atoms with Crippen molar-refractivity contribution in [2.24, 2.45) is 0 Å². The van der Waals surface area contributed by atoms with Crippen LogP contribution in [-0.2, 0) is 22.7 Å². The minimum absolute atomic E-state index is 0. The van der Waals surface area contributed by atoms with E-state index in [1.807, 2.05) is 115 Å². The molecule has 0 bridgehead atoms. The molecule has 4 aromatic rings. The van der Waals surface area contributed by atoms with Gasteiger partial charge >= 0.3 is 17.1 Å². The molecule has 126 valence electrons. The second-order valence-electron chi connectivity index (χ2n) is 5.58. The van der Waals surface area contributed by atoms with Gasteiger partial charge in [0, 0.05) is 0 Å². The van der Waals surface area contributed by atoms with E-state index in [9.17, 15) is 5.11 Å². The molecule has 4 aromatic carbocycles. The molecule has 1 N–H and O–H groups in total. The van der Waals surface area contributed by atoms with Gasteiger partial charge < -0.3 is 5.11 Å². The van der Waals surface area contributed by atoms with Crippen LogP contribution in [0.5, 0.6) is 0 Å². The van der Waals surface area contributed by atoms with E-state index in [1.54, 1.807) is 0 Å². The third-order valence-electron chi connectivity index (χ3n) is 4.02. The number of hydrogen-bond acceptors (Lipinski definition) is 1. The summed E-state index contributed by atoms with van der Waals surface area (Å²) in [5, 5.41) is 11.3. The number of rotatable bonds is 3. The first kappa shape index (κ1) is 19.0. The van der Waals surface area contributed by atoms with E-state index in [2.05, 4.69) is 0 Å². The molecule has 1 nitrogen and oxygen atoms in total. The summed E-state index contributed by atoms with van der Waals surface area (Å²) in [4.78, 5) is 0. The van der Waals surface area contributed by atoms with Gasteiger partial charge in [0.1, 0.15) is 5.60 Å². The topological polar surface area (TPSA) is 20.2 Å². The zero-order valence-electron chi connectivity index (χ0n) is 13.8. The van der Waals surface area contributed by atoms with Gasteiger partial charge in [-0.1, -0.05) is 60.7 Å². The fourth-order valence-electron chi connectivity index (χ4n) is 2.79. The van der Waals surface area contributed by atoms with Gasteiger partial charge in [0.15, 0.2) is 0 Å². The molecule has 0 saturated carbocycles. The van der Waals surface area contributed by atoms with Gasteiger partial charge in [-0.05, 0) is 11.1 Å². The molecule has 4 rings (SSSR count). The first-order valence-corrected chi connectivity index (χ1v) is 8.04. The van der Waals surface area contributed by atoms with Crippen LogP contribution < -0.4 is 0 Å². The molecule has 2 heteroatoms. The molecule has 0 unspecified atom stereocenters. The predicted molar refractivity (Wildman–Crippen MR) is 99.1 cm³/mol. The number of hydrogen-bond donors (Lipinski definition) is 1. The molecule has 0 spiro atoms. The number of benzene rings is 2. The molecule has 0 aromatic heterocycles. The van der Waals surface area contributed by atoms with Crippen LogP contribution in [0.1, 0.15) is 16.7 Å². The van der Waals surface area contributed by atoms with Gasteiger partial charge in [-0.15, -0.1) is 5.56 Å². The minimum Gasteiger partial charge on any atom is -0.378 e. The average molecular weight is 368 g/mol. The molecule has 0 amide bonds. The van der Waals surface area contributed by atoms with Crippen molar-refractivity contribution >= 4 is 0 Å². The van der Waals surface area contributed by atoms with E-state index < -0.39 is 5.60 Å². The Bertz CT molecular complexity index is 746. The summed E-state index contributed by atoms with van der Waals surface area (Å²) in [7, 11) is 0. The van der Waals surface area contributed by atoms with Crippen molar-refractivity contribution in [2.75, 3.05) is 0 Å². The number of aliphatic hydroxyl groups is 1. The zero-order valence-corrected chi connectivity index (χ0v) is 14.9. The largest absolute Gasteiger partial charge is 2.00 e. The van der Waals surface area contributed by atoms with Crippen LogP contribution in [0.15, 0.2) is 115 Å². The van der Waals surface area contributed by atoms with E-state index in [4.69, 9.17) is 0 Å². The molecule has 0 fully saturated rings. The van der Waals surface area contributed by atoms with Crippen molar-refractivity contribution in [3.63, 3.8) is 0 Å². The predicted octanol–water partition coefficient (Wildman–Crippen LogP) is 5.09. The quantitative estimate of drug-likeness (QED) is 0.394. The van der Waals surface area contributed by atoms with Crippen molar-refractivity contribution in [1.82, 2.24) is 0 Å². The Hall–Kier alpha value is -2.38. The summed E-state index contributed by atoms with van der Waals surface area (Å²) >= 11 is 0. The minimum atomic E-state index is -1.09. The molecule has 0 radical (unpaired) electrons. The third-order valence-corrected chi connectivity index (χ3v) is 4.02. The van der Waals surface area contributed by atoms with Crippen LogP contribution in [0, 0.1) is 0 Å². The van der Waals surface area contributed by atoms with E-state index in [0.29, 0.717) is 0 Å². The molecule has 0 aliphatic rings. The van der Waals surface area contributed by atoms with Gasteiger partial charge in [0.05, 0.1) is 0 Å². The first-order valence-electron chi connectivity index (χ1n) is 8.04. The fraction of sp³-hybridized carbons (Fsp3) is 0.0435. The Balaban J connectivity index is 0.000000325. The van der Waals surface area contributed by atoms with E-state index in [0.717, 1.165) is 16.7 Å². The van der Waals surface area contributed by atoms with Crippen molar-refractivity contribution in [3.05, 3.63) is 132 Å². The zero-order chi connectivity index (χ0) is 16.7. The SMILES string of the molecule is OC(c1ccccc1)(c1ccccc1)c1ccc[cH-]1.[Fe+2].c1cc[cH-]c1. The van der Waals surface area contributed by atoms with Crippen LogP contribution in [-0.4, -0.2) is 5.11 Å². The maximum atomic E-state index is 11.3. The Morgan fingerprint density at radius 2 is 1.12 bits per heavy atom. The molecule has 0 atom stereocenters. The second-order valence-corrected chi connectivity index (χ2v) is 5.58. The smallest absolute Gasteiger partial charge is 0.378 e. The molecule has 0 heterocycles. The second kappa shape index (κ2) is 9.19. The van der Waals surface area contributed by atoms with Gasteiger partial charge in [-0.2, -0.15) is 30.3 Å². The van der Waals surface area contributed by atoms with Gasteiger partial charge in [-0.3, -0.25) is 0 Å². The summed E-state index contributed by atoms with van der Waals surface area (Å²) in [6.45, 7) is 0. The van der Waals surface area contributed by atoms with Crippen LogP contribution in [0.2, 0.25) is 0 Å². The summed E-state index contributed by atoms with van der Waals surface area (Å²) in [5.41, 5.74) is 1.57. The van der Waals surface area contributed by atoms with Gasteiger partial charge in [0.25, 0.3) is 0 Å². The molecule has 0 saturated heterocycles. The molecular weight excluding hydrogens is 348 g/mol. The van der Waals surface area contributed by atoms with Crippen LogP contribution in [0.3, 0.4) is 0 Å². The summed E-state index contributed by atoms with van der Waals surface area (Å²) in [6, 6.07) is 37.4. The first-order chi connectivity index (χ1) is 11.8. The van der Waals surface area contributed by atoms with Crippen LogP contribution in [0.4, 0.5) is 0 Å². The normalized spacial score (nSPS) is 10.3. The summed E-state index contributed by atoms with van der Waals surface area (Å²) in [5.74, 6) is 0. The Labute approximate surface area is 159 Å². The van der Waals surface area contributed by atoms with E-state index in [1.165, 1.54) is 0 Å². The van der Waals surface area contributed by atoms with Crippen molar-refractivity contribution in [1.29, 1.82) is 0 Å². The van der Waals surface area contributed by atoms with Gasteiger partial charge in [-0.25, -0.2) is 24.3 Å². The Morgan fingerprint density at radius 3 is 1.48 bits per heavy atom. The van der Waals surface area contributed by atoms with Crippen LogP contribution >= 0.6 is 0 Å². The molecular formula is C23H20FeO. The Morgan fingerprint density at radius 1 is 0.600 bits per heavy atom. The monoisotopic (exact) mass is 368 g/mol. The fourth-order valence-corrected chi connectivity index (χ4v) is 2.79. The Kier molecular flexibility index (Phi) is 6.97. The molecule has 0 aliphatic heterocycles. The van der Waals surface area contributed by atoms with Gasteiger partial charge in [0.2, 0.25) is 0 Å². The average Bonchev–Trinajstić information content (AvgIpc) is 3.38. The molecule has 25 heavy (non-hydrogen) atoms.